The molecule has 0 saturated heterocycles. The summed E-state index contributed by atoms with van der Waals surface area (Å²) in [4.78, 5) is 9.68. The Morgan fingerprint density at radius 1 is 1.23 bits per heavy atom. The number of allylic oxidation sites excluding steroid dienone is 1. The van der Waals surface area contributed by atoms with Gasteiger partial charge in [0, 0.05) is 22.1 Å². The maximum absolute atomic E-state index is 12.7. The first-order valence-electron chi connectivity index (χ1n) is 8.45. The number of benzene rings is 1. The molecular weight excluding hydrogens is 346 g/mol. The van der Waals surface area contributed by atoms with E-state index in [1.807, 2.05) is 50.2 Å². The number of pyridine rings is 1. The zero-order chi connectivity index (χ0) is 18.3. The summed E-state index contributed by atoms with van der Waals surface area (Å²) < 4.78 is 18.1. The number of rotatable bonds is 4. The minimum absolute atomic E-state index is 0.00393. The second-order valence-corrected chi connectivity index (χ2v) is 8.47. The molecule has 2 heterocycles. The van der Waals surface area contributed by atoms with Gasteiger partial charge in [-0.1, -0.05) is 44.2 Å². The van der Waals surface area contributed by atoms with Gasteiger partial charge in [0.05, 0.1) is 28.4 Å². The number of nitrogens with zero attached hydrogens (tertiary/aromatic N) is 2. The summed E-state index contributed by atoms with van der Waals surface area (Å²) in [5, 5.41) is 0.00393. The van der Waals surface area contributed by atoms with Crippen molar-refractivity contribution in [1.82, 2.24) is 9.97 Å². The van der Waals surface area contributed by atoms with Crippen molar-refractivity contribution in [2.45, 2.75) is 25.5 Å². The molecular formula is C20H19N3O2S. The van der Waals surface area contributed by atoms with E-state index in [1.165, 1.54) is 6.26 Å². The topological polar surface area (TPSA) is 82.0 Å². The normalized spacial score (nSPS) is 14.7. The van der Waals surface area contributed by atoms with E-state index in [4.69, 9.17) is 15.1 Å². The Morgan fingerprint density at radius 2 is 2.00 bits per heavy atom. The fourth-order valence-corrected chi connectivity index (χ4v) is 4.35. The summed E-state index contributed by atoms with van der Waals surface area (Å²) in [6, 6.07) is 11.9. The number of hydrogen-bond acceptors (Lipinski definition) is 5. The zero-order valence-corrected chi connectivity index (χ0v) is 15.4. The van der Waals surface area contributed by atoms with E-state index in [2.05, 4.69) is 4.98 Å². The van der Waals surface area contributed by atoms with E-state index < -0.39 is 10.8 Å². The minimum atomic E-state index is -1.14. The first-order valence-corrected chi connectivity index (χ1v) is 9.66. The molecule has 1 aromatic carbocycles. The van der Waals surface area contributed by atoms with Crippen molar-refractivity contribution in [2.24, 2.45) is 5.73 Å². The number of hydrogen-bond donors (Lipinski definition) is 1. The summed E-state index contributed by atoms with van der Waals surface area (Å²) >= 11 is 0. The highest BCUT2D eigenvalue weighted by Gasteiger charge is 2.30. The molecule has 0 bridgehead atoms. The molecule has 2 N–H and O–H groups in total. The quantitative estimate of drug-likeness (QED) is 0.761. The lowest BCUT2D eigenvalue weighted by atomic mass is 9.98. The Morgan fingerprint density at radius 3 is 2.65 bits per heavy atom. The van der Waals surface area contributed by atoms with Crippen LogP contribution in [0.25, 0.3) is 28.4 Å². The van der Waals surface area contributed by atoms with Crippen LogP contribution in [0.5, 0.6) is 0 Å². The van der Waals surface area contributed by atoms with E-state index in [0.29, 0.717) is 23.7 Å². The largest absolute Gasteiger partial charge is 0.443 e. The average Bonchev–Trinajstić information content (AvgIpc) is 3.29. The molecule has 0 spiro atoms. The Kier molecular flexibility index (Phi) is 4.20. The fourth-order valence-electron chi connectivity index (χ4n) is 3.18. The Labute approximate surface area is 154 Å². The number of nitrogens with two attached hydrogens (primary N) is 1. The number of oxazole rings is 1. The van der Waals surface area contributed by atoms with Gasteiger partial charge in [-0.05, 0) is 17.2 Å². The lowest BCUT2D eigenvalue weighted by Crippen LogP contribution is -2.11. The number of fused-ring (bicyclic) bond motifs is 1. The van der Waals surface area contributed by atoms with Crippen molar-refractivity contribution < 1.29 is 8.63 Å². The summed E-state index contributed by atoms with van der Waals surface area (Å²) in [5.41, 5.74) is 11.3. The van der Waals surface area contributed by atoms with Crippen LogP contribution in [0, 0.1) is 0 Å². The van der Waals surface area contributed by atoms with E-state index in [-0.39, 0.29) is 5.25 Å². The standard InChI is InChI=1S/C20H19N3O2S/c1-12(2)26(24)17-11-15-18(19(17)21)14(13-6-4-3-5-7-13)10-16(23-15)20-22-8-9-25-20/h3-10,12H,11,21H2,1-2H3. The van der Waals surface area contributed by atoms with E-state index >= 15 is 0 Å². The molecule has 0 saturated carbocycles. The molecule has 2 aromatic heterocycles. The molecule has 3 aromatic rings. The van der Waals surface area contributed by atoms with Crippen molar-refractivity contribution in [2.75, 3.05) is 0 Å². The van der Waals surface area contributed by atoms with Crippen LogP contribution in [0.3, 0.4) is 0 Å². The maximum atomic E-state index is 12.7. The van der Waals surface area contributed by atoms with Gasteiger partial charge in [-0.15, -0.1) is 0 Å². The van der Waals surface area contributed by atoms with Crippen LogP contribution < -0.4 is 5.73 Å². The first kappa shape index (κ1) is 16.7. The van der Waals surface area contributed by atoms with Crippen LogP contribution in [-0.4, -0.2) is 19.4 Å². The molecule has 132 valence electrons. The van der Waals surface area contributed by atoms with Gasteiger partial charge in [0.1, 0.15) is 12.0 Å². The van der Waals surface area contributed by atoms with Crippen molar-refractivity contribution in [3.63, 3.8) is 0 Å². The fraction of sp³-hybridized carbons (Fsp3) is 0.200. The second-order valence-electron chi connectivity index (χ2n) is 6.44. The summed E-state index contributed by atoms with van der Waals surface area (Å²) in [5.74, 6) is 0.460. The zero-order valence-electron chi connectivity index (χ0n) is 14.6. The lowest BCUT2D eigenvalue weighted by Gasteiger charge is -2.11. The lowest BCUT2D eigenvalue weighted by molar-refractivity contribution is 0.572. The molecule has 1 aliphatic carbocycles. The maximum Gasteiger partial charge on any atom is 0.245 e. The molecule has 4 rings (SSSR count). The van der Waals surface area contributed by atoms with Crippen LogP contribution in [0.4, 0.5) is 0 Å². The van der Waals surface area contributed by atoms with E-state index in [1.54, 1.807) is 6.20 Å². The molecule has 0 aliphatic heterocycles. The third-order valence-corrected chi connectivity index (χ3v) is 6.11. The third kappa shape index (κ3) is 2.76. The highest BCUT2D eigenvalue weighted by atomic mass is 32.2. The molecule has 26 heavy (non-hydrogen) atoms. The Bertz CT molecular complexity index is 1010. The van der Waals surface area contributed by atoms with Crippen LogP contribution in [0.15, 0.2) is 58.2 Å². The Hall–Kier alpha value is -2.73. The van der Waals surface area contributed by atoms with Gasteiger partial charge in [0.2, 0.25) is 5.89 Å². The molecule has 0 radical (unpaired) electrons. The van der Waals surface area contributed by atoms with Gasteiger partial charge >= 0.3 is 0 Å². The third-order valence-electron chi connectivity index (χ3n) is 4.40. The molecule has 0 amide bonds. The van der Waals surface area contributed by atoms with Gasteiger partial charge in [-0.25, -0.2) is 9.97 Å². The molecule has 1 aliphatic rings. The Balaban J connectivity index is 1.94. The van der Waals surface area contributed by atoms with Gasteiger partial charge in [-0.2, -0.15) is 0 Å². The van der Waals surface area contributed by atoms with Gasteiger partial charge in [0.25, 0.3) is 0 Å². The molecule has 5 nitrogen and oxygen atoms in total. The van der Waals surface area contributed by atoms with Gasteiger partial charge < -0.3 is 10.2 Å². The molecule has 1 unspecified atom stereocenters. The van der Waals surface area contributed by atoms with Crippen molar-refractivity contribution >= 4 is 16.5 Å². The second kappa shape index (κ2) is 6.53. The van der Waals surface area contributed by atoms with Crippen molar-refractivity contribution in [1.29, 1.82) is 0 Å². The highest BCUT2D eigenvalue weighted by molar-refractivity contribution is 7.89. The summed E-state index contributed by atoms with van der Waals surface area (Å²) in [6.45, 7) is 3.87. The predicted molar refractivity (Wildman–Crippen MR) is 103 cm³/mol. The molecule has 0 fully saturated rings. The average molecular weight is 365 g/mol. The van der Waals surface area contributed by atoms with E-state index in [9.17, 15) is 4.21 Å². The smallest absolute Gasteiger partial charge is 0.245 e. The highest BCUT2D eigenvalue weighted by Crippen LogP contribution is 2.39. The van der Waals surface area contributed by atoms with Crippen LogP contribution in [-0.2, 0) is 17.2 Å². The van der Waals surface area contributed by atoms with Crippen LogP contribution >= 0.6 is 0 Å². The molecule has 6 heteroatoms. The predicted octanol–water partition coefficient (Wildman–Crippen LogP) is 3.74. The SMILES string of the molecule is CC(C)S(=O)C1=C(N)c2c(-c3ccccc3)cc(-c3ncco3)nc2C1. The monoisotopic (exact) mass is 365 g/mol. The van der Waals surface area contributed by atoms with Gasteiger partial charge in [0.15, 0.2) is 0 Å². The van der Waals surface area contributed by atoms with Crippen molar-refractivity contribution in [3.05, 3.63) is 65.0 Å². The summed E-state index contributed by atoms with van der Waals surface area (Å²) in [6.07, 6.45) is 3.61. The minimum Gasteiger partial charge on any atom is -0.443 e. The molecule has 1 atom stereocenters. The van der Waals surface area contributed by atoms with Crippen molar-refractivity contribution in [3.8, 4) is 22.7 Å². The van der Waals surface area contributed by atoms with Gasteiger partial charge in [-0.3, -0.25) is 4.21 Å². The summed E-state index contributed by atoms with van der Waals surface area (Å²) in [7, 11) is -1.14. The van der Waals surface area contributed by atoms with E-state index in [0.717, 1.165) is 27.3 Å². The van der Waals surface area contributed by atoms with Crippen LogP contribution in [0.1, 0.15) is 25.1 Å². The first-order chi connectivity index (χ1) is 12.6. The number of aromatic nitrogens is 2. The van der Waals surface area contributed by atoms with Crippen LogP contribution in [0.2, 0.25) is 0 Å².